The van der Waals surface area contributed by atoms with Crippen molar-refractivity contribution in [1.29, 1.82) is 0 Å². The van der Waals surface area contributed by atoms with Crippen LogP contribution in [-0.4, -0.2) is 25.9 Å². The van der Waals surface area contributed by atoms with E-state index in [0.717, 1.165) is 38.2 Å². The van der Waals surface area contributed by atoms with Gasteiger partial charge < -0.3 is 15.2 Å². The van der Waals surface area contributed by atoms with Gasteiger partial charge >= 0.3 is 0 Å². The van der Waals surface area contributed by atoms with Crippen molar-refractivity contribution in [1.82, 2.24) is 0 Å². The molecule has 0 spiro atoms. The maximum Gasteiger partial charge on any atom is 0.123 e. The second-order valence-electron chi connectivity index (χ2n) is 4.95. The van der Waals surface area contributed by atoms with Gasteiger partial charge in [-0.25, -0.2) is 0 Å². The minimum absolute atomic E-state index is 0.296. The van der Waals surface area contributed by atoms with Crippen molar-refractivity contribution >= 4 is 0 Å². The van der Waals surface area contributed by atoms with E-state index in [0.29, 0.717) is 18.6 Å². The molecule has 0 aliphatic carbocycles. The summed E-state index contributed by atoms with van der Waals surface area (Å²) in [5.74, 6) is 1.47. The first-order chi connectivity index (χ1) is 8.81. The molecule has 1 fully saturated rings. The van der Waals surface area contributed by atoms with Crippen LogP contribution in [0.3, 0.4) is 0 Å². The second-order valence-corrected chi connectivity index (χ2v) is 4.95. The summed E-state index contributed by atoms with van der Waals surface area (Å²) in [5.41, 5.74) is 6.92. The highest BCUT2D eigenvalue weighted by Crippen LogP contribution is 2.30. The first-order valence-electron chi connectivity index (χ1n) is 6.84. The molecule has 1 aliphatic heterocycles. The van der Waals surface area contributed by atoms with Crippen LogP contribution >= 0.6 is 0 Å². The topological polar surface area (TPSA) is 44.5 Å². The quantitative estimate of drug-likeness (QED) is 0.872. The lowest BCUT2D eigenvalue weighted by Crippen LogP contribution is -2.26. The molecule has 0 saturated carbocycles. The van der Waals surface area contributed by atoms with E-state index in [9.17, 15) is 0 Å². The number of hydrogen-bond acceptors (Lipinski definition) is 3. The molecule has 0 aromatic heterocycles. The van der Waals surface area contributed by atoms with E-state index < -0.39 is 0 Å². The molecule has 18 heavy (non-hydrogen) atoms. The molecular formula is C15H23NO2. The molecule has 1 saturated heterocycles. The Hall–Kier alpha value is -1.06. The Bertz CT molecular complexity index is 361. The van der Waals surface area contributed by atoms with Crippen LogP contribution in [0.4, 0.5) is 0 Å². The van der Waals surface area contributed by atoms with Crippen molar-refractivity contribution < 1.29 is 9.47 Å². The monoisotopic (exact) mass is 249 g/mol. The smallest absolute Gasteiger partial charge is 0.123 e. The van der Waals surface area contributed by atoms with Gasteiger partial charge in [0.1, 0.15) is 11.9 Å². The maximum atomic E-state index is 6.13. The van der Waals surface area contributed by atoms with Crippen LogP contribution < -0.4 is 10.5 Å². The molecule has 0 bridgehead atoms. The summed E-state index contributed by atoms with van der Waals surface area (Å²) in [5, 5.41) is 0. The summed E-state index contributed by atoms with van der Waals surface area (Å²) in [4.78, 5) is 0. The molecule has 1 heterocycles. The Kier molecular flexibility index (Phi) is 5.02. The normalized spacial score (nSPS) is 18.6. The molecule has 0 amide bonds. The van der Waals surface area contributed by atoms with Gasteiger partial charge in [0, 0.05) is 12.8 Å². The molecule has 1 unspecified atom stereocenters. The Balaban J connectivity index is 2.06. The van der Waals surface area contributed by atoms with Gasteiger partial charge in [-0.1, -0.05) is 25.1 Å². The maximum absolute atomic E-state index is 6.13. The van der Waals surface area contributed by atoms with Gasteiger partial charge in [-0.2, -0.15) is 0 Å². The zero-order valence-corrected chi connectivity index (χ0v) is 11.1. The summed E-state index contributed by atoms with van der Waals surface area (Å²) in [6, 6.07) is 8.32. The fourth-order valence-electron chi connectivity index (χ4n) is 2.37. The minimum Gasteiger partial charge on any atom is -0.490 e. The molecular weight excluding hydrogens is 226 g/mol. The third-order valence-corrected chi connectivity index (χ3v) is 3.51. The van der Waals surface area contributed by atoms with E-state index in [1.807, 2.05) is 6.07 Å². The molecule has 100 valence electrons. The standard InChI is InChI=1S/C15H23NO2/c1-12(6-9-16)14-4-2-3-5-15(14)18-13-7-10-17-11-8-13/h2-5,12-13H,6-11,16H2,1H3. The number of rotatable bonds is 5. The van der Waals surface area contributed by atoms with Crippen LogP contribution in [0.1, 0.15) is 37.7 Å². The van der Waals surface area contributed by atoms with E-state index in [2.05, 4.69) is 25.1 Å². The molecule has 1 aromatic carbocycles. The predicted octanol–water partition coefficient (Wildman–Crippen LogP) is 2.70. The molecule has 2 N–H and O–H groups in total. The lowest BCUT2D eigenvalue weighted by molar-refractivity contribution is 0.0251. The molecule has 2 rings (SSSR count). The summed E-state index contributed by atoms with van der Waals surface area (Å²) in [6.45, 7) is 4.54. The van der Waals surface area contributed by atoms with Crippen molar-refractivity contribution in [2.45, 2.75) is 38.2 Å². The predicted molar refractivity (Wildman–Crippen MR) is 73.0 cm³/mol. The van der Waals surface area contributed by atoms with Crippen molar-refractivity contribution in [3.05, 3.63) is 29.8 Å². The Morgan fingerprint density at radius 2 is 2.06 bits per heavy atom. The van der Waals surface area contributed by atoms with Crippen LogP contribution in [0.2, 0.25) is 0 Å². The van der Waals surface area contributed by atoms with Gasteiger partial charge in [-0.05, 0) is 30.5 Å². The van der Waals surface area contributed by atoms with Crippen LogP contribution in [0.15, 0.2) is 24.3 Å². The third-order valence-electron chi connectivity index (χ3n) is 3.51. The summed E-state index contributed by atoms with van der Waals surface area (Å²) in [7, 11) is 0. The van der Waals surface area contributed by atoms with Gasteiger partial charge in [0.15, 0.2) is 0 Å². The fourth-order valence-corrected chi connectivity index (χ4v) is 2.37. The average molecular weight is 249 g/mol. The molecule has 1 atom stereocenters. The zero-order valence-electron chi connectivity index (χ0n) is 11.1. The van der Waals surface area contributed by atoms with E-state index in [1.54, 1.807) is 0 Å². The van der Waals surface area contributed by atoms with E-state index in [4.69, 9.17) is 15.2 Å². The molecule has 3 nitrogen and oxygen atoms in total. The third kappa shape index (κ3) is 3.47. The molecule has 3 heteroatoms. The van der Waals surface area contributed by atoms with E-state index in [-0.39, 0.29) is 0 Å². The number of benzene rings is 1. The first-order valence-corrected chi connectivity index (χ1v) is 6.84. The van der Waals surface area contributed by atoms with Gasteiger partial charge in [0.05, 0.1) is 13.2 Å². The molecule has 1 aromatic rings. The second kappa shape index (κ2) is 6.76. The molecule has 1 aliphatic rings. The Morgan fingerprint density at radius 3 is 2.78 bits per heavy atom. The van der Waals surface area contributed by atoms with Gasteiger partial charge in [-0.15, -0.1) is 0 Å². The Labute approximate surface area is 109 Å². The van der Waals surface area contributed by atoms with Crippen molar-refractivity contribution in [2.75, 3.05) is 19.8 Å². The summed E-state index contributed by atoms with van der Waals surface area (Å²) in [6.07, 6.45) is 3.26. The first kappa shape index (κ1) is 13.4. The summed E-state index contributed by atoms with van der Waals surface area (Å²) >= 11 is 0. The van der Waals surface area contributed by atoms with Crippen molar-refractivity contribution in [2.24, 2.45) is 5.73 Å². The number of ether oxygens (including phenoxy) is 2. The van der Waals surface area contributed by atoms with Crippen LogP contribution in [-0.2, 0) is 4.74 Å². The molecule has 0 radical (unpaired) electrons. The fraction of sp³-hybridized carbons (Fsp3) is 0.600. The highest BCUT2D eigenvalue weighted by molar-refractivity contribution is 5.36. The number of hydrogen-bond donors (Lipinski definition) is 1. The average Bonchev–Trinajstić information content (AvgIpc) is 2.41. The lowest BCUT2D eigenvalue weighted by Gasteiger charge is -2.25. The minimum atomic E-state index is 0.296. The SMILES string of the molecule is CC(CCN)c1ccccc1OC1CCOCC1. The summed E-state index contributed by atoms with van der Waals surface area (Å²) < 4.78 is 11.5. The largest absolute Gasteiger partial charge is 0.490 e. The Morgan fingerprint density at radius 1 is 1.33 bits per heavy atom. The highest BCUT2D eigenvalue weighted by Gasteiger charge is 2.18. The lowest BCUT2D eigenvalue weighted by atomic mass is 9.97. The van der Waals surface area contributed by atoms with E-state index >= 15 is 0 Å². The van der Waals surface area contributed by atoms with Gasteiger partial charge in [0.2, 0.25) is 0 Å². The highest BCUT2D eigenvalue weighted by atomic mass is 16.5. The van der Waals surface area contributed by atoms with E-state index in [1.165, 1.54) is 5.56 Å². The van der Waals surface area contributed by atoms with Crippen molar-refractivity contribution in [3.8, 4) is 5.75 Å². The number of para-hydroxylation sites is 1. The van der Waals surface area contributed by atoms with Crippen LogP contribution in [0.25, 0.3) is 0 Å². The van der Waals surface area contributed by atoms with Crippen LogP contribution in [0, 0.1) is 0 Å². The van der Waals surface area contributed by atoms with Gasteiger partial charge in [-0.3, -0.25) is 0 Å². The zero-order chi connectivity index (χ0) is 12.8. The number of nitrogens with two attached hydrogens (primary N) is 1. The van der Waals surface area contributed by atoms with Gasteiger partial charge in [0.25, 0.3) is 0 Å². The van der Waals surface area contributed by atoms with Crippen LogP contribution in [0.5, 0.6) is 5.75 Å². The van der Waals surface area contributed by atoms with Crippen molar-refractivity contribution in [3.63, 3.8) is 0 Å².